The summed E-state index contributed by atoms with van der Waals surface area (Å²) in [6.07, 6.45) is 1.86. The average molecular weight is 273 g/mol. The number of pyridine rings is 1. The summed E-state index contributed by atoms with van der Waals surface area (Å²) in [5, 5.41) is 0.930. The number of nitrogens with zero attached hydrogens (tertiary/aromatic N) is 1. The first-order valence-electron chi connectivity index (χ1n) is 6.80. The van der Waals surface area contributed by atoms with Crippen LogP contribution in [0.25, 0.3) is 10.9 Å². The molecular weight excluding hydrogens is 254 g/mol. The molecule has 0 fully saturated rings. The Morgan fingerprint density at radius 3 is 2.80 bits per heavy atom. The zero-order valence-corrected chi connectivity index (χ0v) is 12.1. The van der Waals surface area contributed by atoms with Gasteiger partial charge in [0, 0.05) is 11.6 Å². The zero-order chi connectivity index (χ0) is 14.5. The Bertz CT molecular complexity index is 608. The third-order valence-corrected chi connectivity index (χ3v) is 2.82. The van der Waals surface area contributed by atoms with E-state index in [-0.39, 0.29) is 18.5 Å². The van der Waals surface area contributed by atoms with Gasteiger partial charge in [-0.25, -0.2) is 0 Å². The number of fused-ring (bicyclic) bond motifs is 1. The van der Waals surface area contributed by atoms with E-state index in [4.69, 9.17) is 9.47 Å². The number of carbonyl (C=O) groups excluding carboxylic acids is 1. The third-order valence-electron chi connectivity index (χ3n) is 2.82. The van der Waals surface area contributed by atoms with Crippen LogP contribution in [0.1, 0.15) is 26.3 Å². The van der Waals surface area contributed by atoms with Gasteiger partial charge in [0.15, 0.2) is 0 Å². The molecule has 0 saturated carbocycles. The van der Waals surface area contributed by atoms with Gasteiger partial charge in [-0.3, -0.25) is 9.78 Å². The van der Waals surface area contributed by atoms with Gasteiger partial charge in [-0.15, -0.1) is 0 Å². The number of carbonyl (C=O) groups is 1. The van der Waals surface area contributed by atoms with Crippen LogP contribution in [-0.2, 0) is 16.0 Å². The number of hydrogen-bond donors (Lipinski definition) is 0. The molecule has 0 spiro atoms. The Hall–Kier alpha value is -2.10. The Balaban J connectivity index is 2.35. The average Bonchev–Trinajstić information content (AvgIpc) is 2.41. The number of benzene rings is 1. The lowest BCUT2D eigenvalue weighted by atomic mass is 10.0. The Morgan fingerprint density at radius 2 is 2.10 bits per heavy atom. The predicted octanol–water partition coefficient (Wildman–Crippen LogP) is 3.13. The van der Waals surface area contributed by atoms with E-state index < -0.39 is 0 Å². The van der Waals surface area contributed by atoms with Crippen LogP contribution in [0.2, 0.25) is 0 Å². The van der Waals surface area contributed by atoms with E-state index in [2.05, 4.69) is 4.98 Å². The maximum atomic E-state index is 11.8. The molecule has 20 heavy (non-hydrogen) atoms. The van der Waals surface area contributed by atoms with Gasteiger partial charge in [-0.1, -0.05) is 12.1 Å². The quantitative estimate of drug-likeness (QED) is 0.785. The van der Waals surface area contributed by atoms with Crippen molar-refractivity contribution >= 4 is 16.9 Å². The summed E-state index contributed by atoms with van der Waals surface area (Å²) in [5.41, 5.74) is 1.69. The molecule has 1 aromatic carbocycles. The van der Waals surface area contributed by atoms with Crippen LogP contribution < -0.4 is 4.74 Å². The van der Waals surface area contributed by atoms with E-state index in [1.807, 2.05) is 45.0 Å². The van der Waals surface area contributed by atoms with E-state index in [1.165, 1.54) is 0 Å². The molecule has 4 heteroatoms. The fraction of sp³-hybridized carbons (Fsp3) is 0.375. The predicted molar refractivity (Wildman–Crippen MR) is 77.8 cm³/mol. The van der Waals surface area contributed by atoms with Gasteiger partial charge in [0.25, 0.3) is 0 Å². The fourth-order valence-electron chi connectivity index (χ4n) is 2.09. The summed E-state index contributed by atoms with van der Waals surface area (Å²) in [7, 11) is 0. The van der Waals surface area contributed by atoms with Gasteiger partial charge < -0.3 is 9.47 Å². The van der Waals surface area contributed by atoms with Gasteiger partial charge in [0.05, 0.1) is 19.1 Å². The van der Waals surface area contributed by atoms with Gasteiger partial charge >= 0.3 is 5.97 Å². The molecule has 0 unspecified atom stereocenters. The van der Waals surface area contributed by atoms with Gasteiger partial charge in [-0.05, 0) is 38.5 Å². The summed E-state index contributed by atoms with van der Waals surface area (Å²) in [6, 6.07) is 7.56. The van der Waals surface area contributed by atoms with E-state index in [1.54, 1.807) is 6.20 Å². The Kier molecular flexibility index (Phi) is 4.56. The molecule has 1 heterocycles. The first-order valence-corrected chi connectivity index (χ1v) is 6.80. The van der Waals surface area contributed by atoms with Crippen molar-refractivity contribution in [2.75, 3.05) is 6.61 Å². The highest BCUT2D eigenvalue weighted by Crippen LogP contribution is 2.27. The van der Waals surface area contributed by atoms with E-state index in [9.17, 15) is 4.79 Å². The van der Waals surface area contributed by atoms with E-state index in [0.29, 0.717) is 6.61 Å². The summed E-state index contributed by atoms with van der Waals surface area (Å²) in [4.78, 5) is 16.2. The number of ether oxygens (including phenoxy) is 2. The van der Waals surface area contributed by atoms with Crippen LogP contribution in [0.15, 0.2) is 30.5 Å². The first kappa shape index (κ1) is 14.3. The highest BCUT2D eigenvalue weighted by Gasteiger charge is 2.12. The molecule has 2 rings (SSSR count). The minimum Gasteiger partial charge on any atom is -0.492 e. The Labute approximate surface area is 118 Å². The van der Waals surface area contributed by atoms with Crippen LogP contribution in [-0.4, -0.2) is 23.7 Å². The van der Waals surface area contributed by atoms with Crippen LogP contribution >= 0.6 is 0 Å². The van der Waals surface area contributed by atoms with Crippen LogP contribution in [0, 0.1) is 0 Å². The van der Waals surface area contributed by atoms with Gasteiger partial charge in [-0.2, -0.15) is 0 Å². The van der Waals surface area contributed by atoms with Crippen LogP contribution in [0.5, 0.6) is 5.75 Å². The highest BCUT2D eigenvalue weighted by atomic mass is 16.5. The molecule has 0 N–H and O–H groups in total. The lowest BCUT2D eigenvalue weighted by Gasteiger charge is -2.12. The molecule has 0 saturated heterocycles. The van der Waals surface area contributed by atoms with E-state index >= 15 is 0 Å². The molecular formula is C16H19NO3. The van der Waals surface area contributed by atoms with Crippen LogP contribution in [0.3, 0.4) is 0 Å². The van der Waals surface area contributed by atoms with E-state index in [0.717, 1.165) is 22.2 Å². The largest absolute Gasteiger partial charge is 0.492 e. The molecule has 0 aliphatic rings. The third kappa shape index (κ3) is 3.26. The summed E-state index contributed by atoms with van der Waals surface area (Å²) < 4.78 is 10.8. The van der Waals surface area contributed by atoms with Crippen molar-refractivity contribution in [2.24, 2.45) is 0 Å². The minimum atomic E-state index is -0.227. The molecule has 106 valence electrons. The van der Waals surface area contributed by atoms with Crippen molar-refractivity contribution in [1.29, 1.82) is 0 Å². The molecule has 4 nitrogen and oxygen atoms in total. The fourth-order valence-corrected chi connectivity index (χ4v) is 2.09. The maximum absolute atomic E-state index is 11.8. The SMILES string of the molecule is CCOc1ccc(CC(=O)OC(C)C)c2cccnc12. The second-order valence-corrected chi connectivity index (χ2v) is 4.77. The molecule has 0 atom stereocenters. The lowest BCUT2D eigenvalue weighted by Crippen LogP contribution is -2.13. The molecule has 0 aliphatic carbocycles. The number of rotatable bonds is 5. The topological polar surface area (TPSA) is 48.4 Å². The van der Waals surface area contributed by atoms with Crippen molar-refractivity contribution in [3.8, 4) is 5.75 Å². The zero-order valence-electron chi connectivity index (χ0n) is 12.1. The first-order chi connectivity index (χ1) is 9.61. The summed E-state index contributed by atoms with van der Waals surface area (Å²) >= 11 is 0. The maximum Gasteiger partial charge on any atom is 0.310 e. The number of esters is 1. The normalized spacial score (nSPS) is 10.8. The monoisotopic (exact) mass is 273 g/mol. The van der Waals surface area contributed by atoms with Crippen LogP contribution in [0.4, 0.5) is 0 Å². The second-order valence-electron chi connectivity index (χ2n) is 4.77. The Morgan fingerprint density at radius 1 is 1.30 bits per heavy atom. The van der Waals surface area contributed by atoms with Crippen molar-refractivity contribution in [3.05, 3.63) is 36.0 Å². The summed E-state index contributed by atoms with van der Waals surface area (Å²) in [6.45, 7) is 6.20. The molecule has 1 aromatic heterocycles. The molecule has 0 aliphatic heterocycles. The standard InChI is InChI=1S/C16H19NO3/c1-4-19-14-8-7-12(10-15(18)20-11(2)3)13-6-5-9-17-16(13)14/h5-9,11H,4,10H2,1-3H3. The van der Waals surface area contributed by atoms with Crippen molar-refractivity contribution in [3.63, 3.8) is 0 Å². The molecule has 0 radical (unpaired) electrons. The van der Waals surface area contributed by atoms with Gasteiger partial charge in [0.1, 0.15) is 11.3 Å². The van der Waals surface area contributed by atoms with Crippen molar-refractivity contribution < 1.29 is 14.3 Å². The van der Waals surface area contributed by atoms with Crippen molar-refractivity contribution in [1.82, 2.24) is 4.98 Å². The molecule has 0 amide bonds. The summed E-state index contributed by atoms with van der Waals surface area (Å²) in [5.74, 6) is 0.512. The lowest BCUT2D eigenvalue weighted by molar-refractivity contribution is -0.146. The smallest absolute Gasteiger partial charge is 0.310 e. The van der Waals surface area contributed by atoms with Gasteiger partial charge in [0.2, 0.25) is 0 Å². The molecule has 2 aromatic rings. The minimum absolute atomic E-state index is 0.102. The number of hydrogen-bond acceptors (Lipinski definition) is 4. The van der Waals surface area contributed by atoms with Crippen molar-refractivity contribution in [2.45, 2.75) is 33.3 Å². The highest BCUT2D eigenvalue weighted by molar-refractivity contribution is 5.90. The second kappa shape index (κ2) is 6.37. The number of aromatic nitrogens is 1. The molecule has 0 bridgehead atoms.